The fourth-order valence-corrected chi connectivity index (χ4v) is 3.26. The summed E-state index contributed by atoms with van der Waals surface area (Å²) >= 11 is 0. The van der Waals surface area contributed by atoms with Crippen LogP contribution in [0.1, 0.15) is 41.0 Å². The van der Waals surface area contributed by atoms with Crippen LogP contribution in [0.4, 0.5) is 5.69 Å². The van der Waals surface area contributed by atoms with Gasteiger partial charge >= 0.3 is 0 Å². The number of pyridine rings is 1. The lowest BCUT2D eigenvalue weighted by Crippen LogP contribution is -2.29. The first-order valence-electron chi connectivity index (χ1n) is 10.4. The molecule has 2 heterocycles. The maximum absolute atomic E-state index is 12.8. The zero-order chi connectivity index (χ0) is 21.3. The smallest absolute Gasteiger partial charge is 0.257 e. The Balaban J connectivity index is 1.70. The number of aromatic nitrogens is 1. The number of carbonyl (C=O) groups is 2. The minimum absolute atomic E-state index is 0.0344. The van der Waals surface area contributed by atoms with Crippen LogP contribution < -0.4 is 20.7 Å². The van der Waals surface area contributed by atoms with Gasteiger partial charge in [0.1, 0.15) is 5.75 Å². The van der Waals surface area contributed by atoms with Crippen molar-refractivity contribution < 1.29 is 14.3 Å². The van der Waals surface area contributed by atoms with Crippen molar-refractivity contribution in [2.24, 2.45) is 11.8 Å². The van der Waals surface area contributed by atoms with Crippen molar-refractivity contribution in [1.82, 2.24) is 15.6 Å². The van der Waals surface area contributed by atoms with Crippen molar-refractivity contribution in [2.45, 2.75) is 20.3 Å². The number of ether oxygens (including phenoxy) is 1. The van der Waals surface area contributed by atoms with Gasteiger partial charge in [-0.15, -0.1) is 0 Å². The highest BCUT2D eigenvalue weighted by Gasteiger charge is 2.16. The topological polar surface area (TPSA) is 92.3 Å². The quantitative estimate of drug-likeness (QED) is 0.522. The van der Waals surface area contributed by atoms with E-state index in [1.54, 1.807) is 36.5 Å². The van der Waals surface area contributed by atoms with Crippen molar-refractivity contribution >= 4 is 17.4 Å². The average Bonchev–Trinajstić information content (AvgIpc) is 3.26. The first-order valence-corrected chi connectivity index (χ1v) is 10.4. The second-order valence-electron chi connectivity index (χ2n) is 8.06. The first kappa shape index (κ1) is 21.9. The molecule has 160 valence electrons. The predicted octanol–water partition coefficient (Wildman–Crippen LogP) is 2.75. The standard InChI is InChI=1S/C23H30N4O3/c1-16(2)15-30-21-9-19(22(28)14-26-12-17-5-7-25-11-17)8-20(10-21)27-23(29)18-4-3-6-24-13-18/h3-4,6,8-10,13,16-17,25-26H,5,7,11-12,14-15H2,1-2H3,(H,27,29). The normalized spacial score (nSPS) is 15.9. The van der Waals surface area contributed by atoms with Crippen LogP contribution in [0.25, 0.3) is 0 Å². The maximum atomic E-state index is 12.8. The summed E-state index contributed by atoms with van der Waals surface area (Å²) in [4.78, 5) is 29.2. The molecule has 2 aromatic rings. The Morgan fingerprint density at radius 3 is 2.83 bits per heavy atom. The lowest BCUT2D eigenvalue weighted by atomic mass is 10.1. The van der Waals surface area contributed by atoms with Crippen LogP contribution in [-0.2, 0) is 0 Å². The van der Waals surface area contributed by atoms with Gasteiger partial charge in [0.2, 0.25) is 0 Å². The summed E-state index contributed by atoms with van der Waals surface area (Å²) in [6.07, 6.45) is 4.25. The van der Waals surface area contributed by atoms with Gasteiger partial charge in [0.25, 0.3) is 5.91 Å². The third-order valence-corrected chi connectivity index (χ3v) is 4.87. The van der Waals surface area contributed by atoms with Crippen LogP contribution in [0.5, 0.6) is 5.75 Å². The fraction of sp³-hybridized carbons (Fsp3) is 0.435. The summed E-state index contributed by atoms with van der Waals surface area (Å²) < 4.78 is 5.83. The lowest BCUT2D eigenvalue weighted by molar-refractivity contribution is 0.0986. The van der Waals surface area contributed by atoms with E-state index in [9.17, 15) is 9.59 Å². The SMILES string of the molecule is CC(C)COc1cc(NC(=O)c2cccnc2)cc(C(=O)CNCC2CCNC2)c1. The maximum Gasteiger partial charge on any atom is 0.257 e. The highest BCUT2D eigenvalue weighted by Crippen LogP contribution is 2.23. The first-order chi connectivity index (χ1) is 14.5. The van der Waals surface area contributed by atoms with Gasteiger partial charge in [-0.1, -0.05) is 13.8 Å². The molecular weight excluding hydrogens is 380 g/mol. The molecule has 7 heteroatoms. The summed E-state index contributed by atoms with van der Waals surface area (Å²) in [6, 6.07) is 8.57. The molecule has 0 radical (unpaired) electrons. The molecule has 0 aliphatic carbocycles. The highest BCUT2D eigenvalue weighted by molar-refractivity contribution is 6.05. The largest absolute Gasteiger partial charge is 0.493 e. The third-order valence-electron chi connectivity index (χ3n) is 4.87. The molecular formula is C23H30N4O3. The monoisotopic (exact) mass is 410 g/mol. The van der Waals surface area contributed by atoms with E-state index in [1.165, 1.54) is 6.20 Å². The average molecular weight is 411 g/mol. The Bertz CT molecular complexity index is 849. The van der Waals surface area contributed by atoms with Crippen molar-refractivity contribution in [2.75, 3.05) is 38.1 Å². The summed E-state index contributed by atoms with van der Waals surface area (Å²) in [5, 5.41) is 9.42. The number of amides is 1. The van der Waals surface area contributed by atoms with Gasteiger partial charge < -0.3 is 20.7 Å². The van der Waals surface area contributed by atoms with Gasteiger partial charge in [-0.2, -0.15) is 0 Å². The molecule has 3 rings (SSSR count). The molecule has 30 heavy (non-hydrogen) atoms. The van der Waals surface area contributed by atoms with Crippen molar-refractivity contribution in [3.63, 3.8) is 0 Å². The van der Waals surface area contributed by atoms with E-state index in [0.717, 1.165) is 26.1 Å². The summed E-state index contributed by atoms with van der Waals surface area (Å²) in [7, 11) is 0. The Morgan fingerprint density at radius 2 is 2.13 bits per heavy atom. The number of hydrogen-bond donors (Lipinski definition) is 3. The number of ketones is 1. The molecule has 1 amide bonds. The van der Waals surface area contributed by atoms with Crippen molar-refractivity contribution in [3.05, 3.63) is 53.9 Å². The molecule has 1 aromatic carbocycles. The summed E-state index contributed by atoms with van der Waals surface area (Å²) in [5.41, 5.74) is 1.48. The van der Waals surface area contributed by atoms with E-state index in [4.69, 9.17) is 4.74 Å². The number of benzene rings is 1. The van der Waals surface area contributed by atoms with Crippen LogP contribution in [0.2, 0.25) is 0 Å². The minimum Gasteiger partial charge on any atom is -0.493 e. The molecule has 1 saturated heterocycles. The van der Waals surface area contributed by atoms with Crippen LogP contribution >= 0.6 is 0 Å². The molecule has 1 aromatic heterocycles. The van der Waals surface area contributed by atoms with Gasteiger partial charge in [-0.3, -0.25) is 14.6 Å². The van der Waals surface area contributed by atoms with Gasteiger partial charge in [0, 0.05) is 29.7 Å². The Hall–Kier alpha value is -2.77. The number of hydrogen-bond acceptors (Lipinski definition) is 6. The van der Waals surface area contributed by atoms with Crippen LogP contribution in [-0.4, -0.2) is 49.5 Å². The minimum atomic E-state index is -0.283. The number of Topliss-reactive ketones (excluding diaryl/α,β-unsaturated/α-hetero) is 1. The predicted molar refractivity (Wildman–Crippen MR) is 117 cm³/mol. The van der Waals surface area contributed by atoms with E-state index in [0.29, 0.717) is 41.0 Å². The number of anilines is 1. The second kappa shape index (κ2) is 10.8. The Labute approximate surface area is 177 Å². The van der Waals surface area contributed by atoms with E-state index < -0.39 is 0 Å². The number of nitrogens with zero attached hydrogens (tertiary/aromatic N) is 1. The van der Waals surface area contributed by atoms with Gasteiger partial charge in [0.15, 0.2) is 5.78 Å². The molecule has 1 atom stereocenters. The summed E-state index contributed by atoms with van der Waals surface area (Å²) in [5.74, 6) is 1.16. The molecule has 0 saturated carbocycles. The zero-order valence-electron chi connectivity index (χ0n) is 17.6. The fourth-order valence-electron chi connectivity index (χ4n) is 3.26. The van der Waals surface area contributed by atoms with Crippen LogP contribution in [0, 0.1) is 11.8 Å². The molecule has 1 unspecified atom stereocenters. The molecule has 1 aliphatic rings. The van der Waals surface area contributed by atoms with Gasteiger partial charge in [-0.25, -0.2) is 0 Å². The molecule has 1 fully saturated rings. The molecule has 0 spiro atoms. The van der Waals surface area contributed by atoms with Gasteiger partial charge in [-0.05, 0) is 62.2 Å². The van der Waals surface area contributed by atoms with Crippen LogP contribution in [0.3, 0.4) is 0 Å². The second-order valence-corrected chi connectivity index (χ2v) is 8.06. The Morgan fingerprint density at radius 1 is 1.27 bits per heavy atom. The van der Waals surface area contributed by atoms with Crippen molar-refractivity contribution in [3.8, 4) is 5.75 Å². The van der Waals surface area contributed by atoms with E-state index in [2.05, 4.69) is 34.8 Å². The molecule has 3 N–H and O–H groups in total. The summed E-state index contributed by atoms with van der Waals surface area (Å²) in [6.45, 7) is 7.73. The van der Waals surface area contributed by atoms with E-state index >= 15 is 0 Å². The molecule has 1 aliphatic heterocycles. The zero-order valence-corrected chi connectivity index (χ0v) is 17.6. The third kappa shape index (κ3) is 6.64. The van der Waals surface area contributed by atoms with Gasteiger partial charge in [0.05, 0.1) is 18.7 Å². The van der Waals surface area contributed by atoms with Crippen LogP contribution in [0.15, 0.2) is 42.7 Å². The number of nitrogens with one attached hydrogen (secondary N) is 3. The molecule has 7 nitrogen and oxygen atoms in total. The van der Waals surface area contributed by atoms with E-state index in [-0.39, 0.29) is 18.2 Å². The Kier molecular flexibility index (Phi) is 7.93. The highest BCUT2D eigenvalue weighted by atomic mass is 16.5. The van der Waals surface area contributed by atoms with Crippen molar-refractivity contribution in [1.29, 1.82) is 0 Å². The lowest BCUT2D eigenvalue weighted by Gasteiger charge is -2.14. The number of rotatable bonds is 10. The number of carbonyl (C=O) groups excluding carboxylic acids is 2. The molecule has 0 bridgehead atoms. The van der Waals surface area contributed by atoms with E-state index in [1.807, 2.05) is 0 Å².